The second-order valence-electron chi connectivity index (χ2n) is 8.71. The van der Waals surface area contributed by atoms with E-state index >= 15 is 0 Å². The van der Waals surface area contributed by atoms with Crippen molar-refractivity contribution in [2.24, 2.45) is 0 Å². The number of halogens is 2. The van der Waals surface area contributed by atoms with Gasteiger partial charge in [-0.3, -0.25) is 9.59 Å². The fraction of sp³-hybridized carbons (Fsp3) is 0.423. The minimum atomic E-state index is -1.05. The smallest absolute Gasteiger partial charge is 0.331 e. The van der Waals surface area contributed by atoms with E-state index in [2.05, 4.69) is 5.32 Å². The Bertz CT molecular complexity index is 1060. The quantitative estimate of drug-likeness (QED) is 0.518. The molecule has 1 heterocycles. The zero-order valence-corrected chi connectivity index (χ0v) is 20.1. The molecule has 0 saturated carbocycles. The molecule has 3 rings (SSSR count). The number of hydrogen-bond acceptors (Lipinski definition) is 5. The summed E-state index contributed by atoms with van der Waals surface area (Å²) in [4.78, 5) is 39.3. The van der Waals surface area contributed by atoms with E-state index in [0.29, 0.717) is 6.42 Å². The maximum absolute atomic E-state index is 14.1. The normalized spacial score (nSPS) is 17.2. The number of aryl methyl sites for hydroxylation is 1. The number of esters is 1. The number of nitrogens with zero attached hydrogens (tertiary/aromatic N) is 1. The average molecular weight is 489 g/mol. The topological polar surface area (TPSA) is 84.9 Å². The summed E-state index contributed by atoms with van der Waals surface area (Å²) in [6.45, 7) is 3.49. The van der Waals surface area contributed by atoms with Crippen LogP contribution in [0.1, 0.15) is 42.9 Å². The van der Waals surface area contributed by atoms with Crippen molar-refractivity contribution in [2.45, 2.75) is 64.4 Å². The molecule has 0 aromatic heterocycles. The molecule has 0 bridgehead atoms. The van der Waals surface area contributed by atoms with Crippen molar-refractivity contribution in [1.29, 1.82) is 0 Å². The van der Waals surface area contributed by atoms with Crippen molar-refractivity contribution in [3.05, 3.63) is 70.8 Å². The van der Waals surface area contributed by atoms with Crippen molar-refractivity contribution < 1.29 is 32.6 Å². The van der Waals surface area contributed by atoms with Gasteiger partial charge in [-0.15, -0.1) is 0 Å². The fourth-order valence-corrected chi connectivity index (χ4v) is 3.96. The molecule has 1 saturated heterocycles. The summed E-state index contributed by atoms with van der Waals surface area (Å²) in [5, 5.41) is 2.65. The molecule has 1 aliphatic rings. The molecule has 7 nitrogen and oxygen atoms in total. The molecular weight excluding hydrogens is 458 g/mol. The predicted molar refractivity (Wildman–Crippen MR) is 124 cm³/mol. The van der Waals surface area contributed by atoms with Crippen molar-refractivity contribution >= 4 is 17.8 Å². The largest absolute Gasteiger partial charge is 0.459 e. The van der Waals surface area contributed by atoms with Crippen LogP contribution in [-0.4, -0.2) is 48.0 Å². The molecule has 3 atom stereocenters. The van der Waals surface area contributed by atoms with E-state index in [1.54, 1.807) is 6.92 Å². The van der Waals surface area contributed by atoms with Crippen LogP contribution in [0.15, 0.2) is 42.5 Å². The van der Waals surface area contributed by atoms with Crippen molar-refractivity contribution in [3.63, 3.8) is 0 Å². The highest BCUT2D eigenvalue weighted by atomic mass is 19.2. The van der Waals surface area contributed by atoms with E-state index in [4.69, 9.17) is 9.47 Å². The molecule has 0 unspecified atom stereocenters. The molecule has 1 fully saturated rings. The van der Waals surface area contributed by atoms with Gasteiger partial charge in [0.15, 0.2) is 17.7 Å². The number of likely N-dealkylation sites (tertiary alicyclic amines) is 1. The summed E-state index contributed by atoms with van der Waals surface area (Å²) in [6.07, 6.45) is -0.162. The van der Waals surface area contributed by atoms with Crippen molar-refractivity contribution in [1.82, 2.24) is 10.2 Å². The third kappa shape index (κ3) is 6.85. The van der Waals surface area contributed by atoms with Crippen molar-refractivity contribution in [3.8, 4) is 0 Å². The van der Waals surface area contributed by atoms with Crippen LogP contribution < -0.4 is 5.32 Å². The molecular formula is C26H30F2N2O5. The first kappa shape index (κ1) is 26.3. The van der Waals surface area contributed by atoms with Gasteiger partial charge in [0.25, 0.3) is 0 Å². The summed E-state index contributed by atoms with van der Waals surface area (Å²) < 4.78 is 38.3. The van der Waals surface area contributed by atoms with E-state index in [1.165, 1.54) is 24.1 Å². The molecule has 2 aromatic carbocycles. The summed E-state index contributed by atoms with van der Waals surface area (Å²) >= 11 is 0. The molecule has 188 valence electrons. The van der Waals surface area contributed by atoms with Gasteiger partial charge in [0.2, 0.25) is 11.8 Å². The standard InChI is InChI=1S/C26H30F2N2O5/c1-16-7-9-18(10-8-16)15-35-26(33)25(17(2)34-3)29-22(31)13-20-11-12-23(32)30(20)14-19-5-4-6-21(27)24(19)28/h4-10,17,20,25H,11-15H2,1-3H3,(H,29,31)/t17-,20+,25+/m1/s1. The van der Waals surface area contributed by atoms with Gasteiger partial charge in [-0.05, 0) is 31.9 Å². The highest BCUT2D eigenvalue weighted by molar-refractivity contribution is 5.86. The number of carbonyl (C=O) groups is 3. The Kier molecular flexibility index (Phi) is 8.92. The Morgan fingerprint density at radius 3 is 2.57 bits per heavy atom. The lowest BCUT2D eigenvalue weighted by Gasteiger charge is -2.27. The van der Waals surface area contributed by atoms with Crippen LogP contribution in [0.4, 0.5) is 8.78 Å². The lowest BCUT2D eigenvalue weighted by Crippen LogP contribution is -2.50. The molecule has 0 radical (unpaired) electrons. The van der Waals surface area contributed by atoms with Crippen molar-refractivity contribution in [2.75, 3.05) is 7.11 Å². The SMILES string of the molecule is CO[C@H](C)[C@H](NC(=O)C[C@@H]1CCC(=O)N1Cc1cccc(F)c1F)C(=O)OCc1ccc(C)cc1. The molecule has 1 aliphatic heterocycles. The summed E-state index contributed by atoms with van der Waals surface area (Å²) in [5.41, 5.74) is 1.93. The highest BCUT2D eigenvalue weighted by Gasteiger charge is 2.35. The zero-order chi connectivity index (χ0) is 25.5. The monoisotopic (exact) mass is 488 g/mol. The molecule has 35 heavy (non-hydrogen) atoms. The molecule has 0 aliphatic carbocycles. The first-order chi connectivity index (χ1) is 16.7. The van der Waals surface area contributed by atoms with Gasteiger partial charge in [-0.2, -0.15) is 0 Å². The van der Waals surface area contributed by atoms with Gasteiger partial charge in [-0.25, -0.2) is 13.6 Å². The second kappa shape index (κ2) is 11.9. The number of methoxy groups -OCH3 is 1. The Morgan fingerprint density at radius 2 is 1.89 bits per heavy atom. The van der Waals surface area contributed by atoms with E-state index < -0.39 is 41.7 Å². The molecule has 0 spiro atoms. The lowest BCUT2D eigenvalue weighted by atomic mass is 10.1. The zero-order valence-electron chi connectivity index (χ0n) is 20.1. The van der Waals surface area contributed by atoms with Crippen LogP contribution in [0.5, 0.6) is 0 Å². The van der Waals surface area contributed by atoms with E-state index in [0.717, 1.165) is 17.2 Å². The van der Waals surface area contributed by atoms with E-state index in [1.807, 2.05) is 31.2 Å². The van der Waals surface area contributed by atoms with E-state index in [-0.39, 0.29) is 37.5 Å². The van der Waals surface area contributed by atoms with Crippen LogP contribution in [-0.2, 0) is 37.0 Å². The number of rotatable bonds is 10. The average Bonchev–Trinajstić information content (AvgIpc) is 3.18. The number of amides is 2. The Morgan fingerprint density at radius 1 is 1.17 bits per heavy atom. The minimum absolute atomic E-state index is 0.0382. The van der Waals surface area contributed by atoms with Crippen LogP contribution in [0.3, 0.4) is 0 Å². The number of ether oxygens (including phenoxy) is 2. The first-order valence-electron chi connectivity index (χ1n) is 11.5. The Labute approximate surface area is 203 Å². The van der Waals surface area contributed by atoms with Crippen LogP contribution >= 0.6 is 0 Å². The maximum atomic E-state index is 14.1. The number of hydrogen-bond donors (Lipinski definition) is 1. The maximum Gasteiger partial charge on any atom is 0.331 e. The Hall–Kier alpha value is -3.33. The van der Waals surface area contributed by atoms with Crippen LogP contribution in [0.2, 0.25) is 0 Å². The first-order valence-corrected chi connectivity index (χ1v) is 11.5. The molecule has 9 heteroatoms. The lowest BCUT2D eigenvalue weighted by molar-refractivity contribution is -0.153. The summed E-state index contributed by atoms with van der Waals surface area (Å²) in [6, 6.07) is 9.74. The highest BCUT2D eigenvalue weighted by Crippen LogP contribution is 2.25. The Balaban J connectivity index is 1.62. The third-order valence-electron chi connectivity index (χ3n) is 6.16. The predicted octanol–water partition coefficient (Wildman–Crippen LogP) is 3.42. The molecule has 2 aromatic rings. The number of carbonyl (C=O) groups excluding carboxylic acids is 3. The number of benzene rings is 2. The van der Waals surface area contributed by atoms with Crippen LogP contribution in [0.25, 0.3) is 0 Å². The van der Waals surface area contributed by atoms with Crippen LogP contribution in [0, 0.1) is 18.6 Å². The summed E-state index contributed by atoms with van der Waals surface area (Å²) in [7, 11) is 1.42. The second-order valence-corrected chi connectivity index (χ2v) is 8.71. The van der Waals surface area contributed by atoms with Gasteiger partial charge < -0.3 is 19.7 Å². The van der Waals surface area contributed by atoms with Gasteiger partial charge >= 0.3 is 5.97 Å². The van der Waals surface area contributed by atoms with E-state index in [9.17, 15) is 23.2 Å². The molecule has 2 amide bonds. The fourth-order valence-electron chi connectivity index (χ4n) is 3.96. The summed E-state index contributed by atoms with van der Waals surface area (Å²) in [5.74, 6) is -3.37. The minimum Gasteiger partial charge on any atom is -0.459 e. The van der Waals surface area contributed by atoms with Gasteiger partial charge in [-0.1, -0.05) is 42.0 Å². The van der Waals surface area contributed by atoms with Gasteiger partial charge in [0.1, 0.15) is 6.61 Å². The number of nitrogens with one attached hydrogen (secondary N) is 1. The third-order valence-corrected chi connectivity index (χ3v) is 6.16. The molecule has 1 N–H and O–H groups in total. The van der Waals surface area contributed by atoms with Gasteiger partial charge in [0.05, 0.1) is 6.10 Å². The van der Waals surface area contributed by atoms with Gasteiger partial charge in [0, 0.05) is 38.1 Å².